The maximum absolute atomic E-state index is 5.37. The van der Waals surface area contributed by atoms with E-state index in [-0.39, 0.29) is 5.54 Å². The molecule has 0 aliphatic carbocycles. The van der Waals surface area contributed by atoms with Gasteiger partial charge in [0.15, 0.2) is 11.5 Å². The highest BCUT2D eigenvalue weighted by Crippen LogP contribution is 2.40. The predicted octanol–water partition coefficient (Wildman–Crippen LogP) is 2.48. The number of rotatable bonds is 3. The van der Waals surface area contributed by atoms with Crippen molar-refractivity contribution >= 4 is 0 Å². The lowest BCUT2D eigenvalue weighted by atomic mass is 9.74. The van der Waals surface area contributed by atoms with Gasteiger partial charge in [-0.3, -0.25) is 0 Å². The lowest BCUT2D eigenvalue weighted by molar-refractivity contribution is 0.207. The summed E-state index contributed by atoms with van der Waals surface area (Å²) >= 11 is 0. The summed E-state index contributed by atoms with van der Waals surface area (Å²) in [6.07, 6.45) is 0. The molecule has 2 rings (SSSR count). The van der Waals surface area contributed by atoms with Crippen LogP contribution in [0.5, 0.6) is 11.5 Å². The molecular formula is C14H21NO2. The Kier molecular flexibility index (Phi) is 3.04. The van der Waals surface area contributed by atoms with Crippen LogP contribution in [0.15, 0.2) is 12.1 Å². The molecule has 1 unspecified atom stereocenters. The van der Waals surface area contributed by atoms with Crippen LogP contribution in [0.25, 0.3) is 0 Å². The molecule has 1 saturated heterocycles. The van der Waals surface area contributed by atoms with Crippen molar-refractivity contribution in [2.45, 2.75) is 32.2 Å². The number of nitrogens with one attached hydrogen (secondary N) is 1. The highest BCUT2D eigenvalue weighted by Gasteiger charge is 2.39. The van der Waals surface area contributed by atoms with E-state index in [1.54, 1.807) is 14.2 Å². The fourth-order valence-corrected chi connectivity index (χ4v) is 2.48. The molecule has 1 fully saturated rings. The predicted molar refractivity (Wildman–Crippen MR) is 69.1 cm³/mol. The van der Waals surface area contributed by atoms with E-state index in [4.69, 9.17) is 9.47 Å². The monoisotopic (exact) mass is 235 g/mol. The van der Waals surface area contributed by atoms with Crippen LogP contribution in [0.1, 0.15) is 30.9 Å². The molecule has 0 radical (unpaired) electrons. The molecule has 0 amide bonds. The van der Waals surface area contributed by atoms with Gasteiger partial charge in [-0.2, -0.15) is 0 Å². The molecule has 1 aliphatic heterocycles. The van der Waals surface area contributed by atoms with E-state index in [9.17, 15) is 0 Å². The number of aryl methyl sites for hydroxylation is 1. The van der Waals surface area contributed by atoms with E-state index in [2.05, 4.69) is 38.2 Å². The largest absolute Gasteiger partial charge is 0.493 e. The molecule has 94 valence electrons. The zero-order valence-electron chi connectivity index (χ0n) is 11.3. The van der Waals surface area contributed by atoms with Crippen molar-refractivity contribution in [1.82, 2.24) is 5.32 Å². The first-order chi connectivity index (χ1) is 7.99. The summed E-state index contributed by atoms with van der Waals surface area (Å²) in [7, 11) is 3.35. The molecule has 1 aromatic carbocycles. The lowest BCUT2D eigenvalue weighted by Gasteiger charge is -2.47. The van der Waals surface area contributed by atoms with Crippen molar-refractivity contribution < 1.29 is 9.47 Å². The number of methoxy groups -OCH3 is 2. The maximum atomic E-state index is 5.37. The van der Waals surface area contributed by atoms with Crippen LogP contribution in [-0.4, -0.2) is 26.3 Å². The second kappa shape index (κ2) is 4.22. The van der Waals surface area contributed by atoms with Gasteiger partial charge in [0.05, 0.1) is 14.2 Å². The third kappa shape index (κ3) is 2.00. The molecule has 17 heavy (non-hydrogen) atoms. The zero-order valence-corrected chi connectivity index (χ0v) is 11.3. The minimum atomic E-state index is 0.171. The van der Waals surface area contributed by atoms with Gasteiger partial charge in [0.25, 0.3) is 0 Å². The Bertz CT molecular complexity index is 426. The van der Waals surface area contributed by atoms with Crippen molar-refractivity contribution in [2.75, 3.05) is 20.8 Å². The topological polar surface area (TPSA) is 30.5 Å². The van der Waals surface area contributed by atoms with Gasteiger partial charge < -0.3 is 14.8 Å². The summed E-state index contributed by atoms with van der Waals surface area (Å²) in [5, 5.41) is 3.45. The highest BCUT2D eigenvalue weighted by atomic mass is 16.5. The summed E-state index contributed by atoms with van der Waals surface area (Å²) < 4.78 is 10.7. The minimum Gasteiger partial charge on any atom is -0.493 e. The normalized spacial score (nSPS) is 21.8. The van der Waals surface area contributed by atoms with Gasteiger partial charge in [-0.1, -0.05) is 0 Å². The van der Waals surface area contributed by atoms with E-state index in [0.29, 0.717) is 5.92 Å². The van der Waals surface area contributed by atoms with Crippen LogP contribution < -0.4 is 14.8 Å². The van der Waals surface area contributed by atoms with Gasteiger partial charge in [0, 0.05) is 18.0 Å². The van der Waals surface area contributed by atoms with Crippen LogP contribution >= 0.6 is 0 Å². The third-order valence-corrected chi connectivity index (χ3v) is 3.78. The molecule has 1 atom stereocenters. The Labute approximate surface area is 103 Å². The first kappa shape index (κ1) is 12.2. The molecule has 3 heteroatoms. The molecule has 0 aromatic heterocycles. The van der Waals surface area contributed by atoms with Crippen molar-refractivity contribution in [3.8, 4) is 11.5 Å². The number of hydrogen-bond donors (Lipinski definition) is 1. The number of benzene rings is 1. The zero-order chi connectivity index (χ0) is 12.6. The fourth-order valence-electron chi connectivity index (χ4n) is 2.48. The van der Waals surface area contributed by atoms with Crippen molar-refractivity contribution in [3.63, 3.8) is 0 Å². The van der Waals surface area contributed by atoms with Crippen molar-refractivity contribution in [3.05, 3.63) is 23.3 Å². The Morgan fingerprint density at radius 1 is 1.18 bits per heavy atom. The Hall–Kier alpha value is -1.22. The van der Waals surface area contributed by atoms with Crippen LogP contribution in [0.2, 0.25) is 0 Å². The van der Waals surface area contributed by atoms with Gasteiger partial charge in [-0.05, 0) is 44.0 Å². The summed E-state index contributed by atoms with van der Waals surface area (Å²) in [6, 6.07) is 4.17. The van der Waals surface area contributed by atoms with Gasteiger partial charge in [-0.25, -0.2) is 0 Å². The quantitative estimate of drug-likeness (QED) is 0.873. The van der Waals surface area contributed by atoms with Crippen LogP contribution in [-0.2, 0) is 0 Å². The first-order valence-electron chi connectivity index (χ1n) is 5.97. The number of ether oxygens (including phenoxy) is 2. The van der Waals surface area contributed by atoms with E-state index >= 15 is 0 Å². The Morgan fingerprint density at radius 3 is 2.18 bits per heavy atom. The first-order valence-corrected chi connectivity index (χ1v) is 5.97. The number of hydrogen-bond acceptors (Lipinski definition) is 3. The molecule has 1 aliphatic rings. The average molecular weight is 235 g/mol. The van der Waals surface area contributed by atoms with Gasteiger partial charge in [0.1, 0.15) is 0 Å². The summed E-state index contributed by atoms with van der Waals surface area (Å²) in [5.74, 6) is 2.16. The molecule has 1 N–H and O–H groups in total. The molecule has 0 saturated carbocycles. The van der Waals surface area contributed by atoms with Gasteiger partial charge >= 0.3 is 0 Å². The Morgan fingerprint density at radius 2 is 1.76 bits per heavy atom. The molecule has 1 heterocycles. The van der Waals surface area contributed by atoms with Crippen LogP contribution in [0, 0.1) is 6.92 Å². The van der Waals surface area contributed by atoms with Crippen molar-refractivity contribution in [2.24, 2.45) is 0 Å². The van der Waals surface area contributed by atoms with E-state index in [1.807, 2.05) is 0 Å². The highest BCUT2D eigenvalue weighted by molar-refractivity contribution is 5.49. The van der Waals surface area contributed by atoms with E-state index in [0.717, 1.165) is 18.0 Å². The molecule has 1 aromatic rings. The van der Waals surface area contributed by atoms with E-state index < -0.39 is 0 Å². The van der Waals surface area contributed by atoms with Crippen LogP contribution in [0.4, 0.5) is 0 Å². The van der Waals surface area contributed by atoms with Crippen LogP contribution in [0.3, 0.4) is 0 Å². The fraction of sp³-hybridized carbons (Fsp3) is 0.571. The third-order valence-electron chi connectivity index (χ3n) is 3.78. The van der Waals surface area contributed by atoms with E-state index in [1.165, 1.54) is 11.1 Å². The smallest absolute Gasteiger partial charge is 0.161 e. The summed E-state index contributed by atoms with van der Waals surface area (Å²) in [4.78, 5) is 0. The second-order valence-electron chi connectivity index (χ2n) is 5.22. The summed E-state index contributed by atoms with van der Waals surface area (Å²) in [5.41, 5.74) is 2.79. The Balaban J connectivity index is 2.41. The van der Waals surface area contributed by atoms with Gasteiger partial charge in [0.2, 0.25) is 0 Å². The average Bonchev–Trinajstić information content (AvgIpc) is 2.29. The molecule has 0 bridgehead atoms. The van der Waals surface area contributed by atoms with Gasteiger partial charge in [-0.15, -0.1) is 0 Å². The molecule has 3 nitrogen and oxygen atoms in total. The standard InChI is InChI=1S/C14H21NO2/c1-9-6-12(16-4)13(17-5)7-10(9)11-8-15-14(11,2)3/h6-7,11,15H,8H2,1-5H3. The second-order valence-corrected chi connectivity index (χ2v) is 5.22. The molecule has 0 spiro atoms. The molecular weight excluding hydrogens is 214 g/mol. The van der Waals surface area contributed by atoms with Crippen molar-refractivity contribution in [1.29, 1.82) is 0 Å². The SMILES string of the molecule is COc1cc(C)c(C2CNC2(C)C)cc1OC. The lowest BCUT2D eigenvalue weighted by Crippen LogP contribution is -2.59. The summed E-state index contributed by atoms with van der Waals surface area (Å²) in [6.45, 7) is 7.63. The maximum Gasteiger partial charge on any atom is 0.161 e. The minimum absolute atomic E-state index is 0.171.